The van der Waals surface area contributed by atoms with Crippen LogP contribution in [-0.4, -0.2) is 57.5 Å². The van der Waals surface area contributed by atoms with Crippen molar-refractivity contribution in [1.29, 1.82) is 0 Å². The first-order chi connectivity index (χ1) is 17.2. The van der Waals surface area contributed by atoms with E-state index < -0.39 is 0 Å². The molecule has 4 amide bonds. The van der Waals surface area contributed by atoms with Crippen LogP contribution in [0.2, 0.25) is 0 Å². The fourth-order valence-electron chi connectivity index (χ4n) is 4.14. The SMILES string of the molecule is CN1C(=O)C=C(c2c[nH]c3ccc(Br)cc23)C1=O.CN1C(=O)C=C(c2c[nH]c3ccc(Br)cc23)C1=O. The zero-order valence-electron chi connectivity index (χ0n) is 19.1. The predicted octanol–water partition coefficient (Wildman–Crippen LogP) is 4.62. The number of carbonyl (C=O) groups is 4. The molecule has 0 aliphatic carbocycles. The molecule has 4 heterocycles. The van der Waals surface area contributed by atoms with Gasteiger partial charge >= 0.3 is 0 Å². The first-order valence-electron chi connectivity index (χ1n) is 10.8. The molecule has 4 aromatic rings. The zero-order chi connectivity index (χ0) is 25.7. The van der Waals surface area contributed by atoms with Gasteiger partial charge in [0, 0.05) is 80.5 Å². The Labute approximate surface area is 221 Å². The molecule has 0 radical (unpaired) electrons. The summed E-state index contributed by atoms with van der Waals surface area (Å²) in [4.78, 5) is 55.3. The Kier molecular flexibility index (Phi) is 6.01. The number of amides is 4. The smallest absolute Gasteiger partial charge is 0.261 e. The lowest BCUT2D eigenvalue weighted by Gasteiger charge is -2.06. The van der Waals surface area contributed by atoms with Gasteiger partial charge in [0.1, 0.15) is 0 Å². The number of hydrogen-bond donors (Lipinski definition) is 2. The number of fused-ring (bicyclic) bond motifs is 2. The molecule has 6 rings (SSSR count). The van der Waals surface area contributed by atoms with E-state index in [0.29, 0.717) is 11.1 Å². The number of rotatable bonds is 2. The summed E-state index contributed by atoms with van der Waals surface area (Å²) in [5, 5.41) is 1.85. The number of aromatic amines is 2. The zero-order valence-corrected chi connectivity index (χ0v) is 22.2. The second kappa shape index (κ2) is 9.03. The van der Waals surface area contributed by atoms with E-state index in [9.17, 15) is 19.2 Å². The van der Waals surface area contributed by atoms with Gasteiger partial charge < -0.3 is 9.97 Å². The van der Waals surface area contributed by atoms with Crippen molar-refractivity contribution < 1.29 is 19.2 Å². The van der Waals surface area contributed by atoms with Crippen LogP contribution in [0.3, 0.4) is 0 Å². The fourth-order valence-corrected chi connectivity index (χ4v) is 4.87. The van der Waals surface area contributed by atoms with Crippen LogP contribution in [0.4, 0.5) is 0 Å². The minimum Gasteiger partial charge on any atom is -0.361 e. The number of likely N-dealkylation sites (N-methyl/N-ethyl adjacent to an activating group) is 2. The third kappa shape index (κ3) is 4.02. The molecule has 180 valence electrons. The first-order valence-corrected chi connectivity index (χ1v) is 12.4. The van der Waals surface area contributed by atoms with Crippen LogP contribution < -0.4 is 0 Å². The van der Waals surface area contributed by atoms with Crippen LogP contribution in [-0.2, 0) is 19.2 Å². The molecule has 36 heavy (non-hydrogen) atoms. The molecule has 0 atom stereocenters. The average Bonchev–Trinajstić information content (AvgIpc) is 3.58. The lowest BCUT2D eigenvalue weighted by molar-refractivity contribution is -0.136. The van der Waals surface area contributed by atoms with E-state index in [1.165, 1.54) is 26.2 Å². The van der Waals surface area contributed by atoms with Crippen molar-refractivity contribution in [3.05, 3.63) is 81.0 Å². The van der Waals surface area contributed by atoms with Crippen LogP contribution in [0.15, 0.2) is 69.9 Å². The van der Waals surface area contributed by atoms with Crippen molar-refractivity contribution in [3.63, 3.8) is 0 Å². The van der Waals surface area contributed by atoms with Crippen molar-refractivity contribution in [1.82, 2.24) is 19.8 Å². The maximum atomic E-state index is 12.0. The molecule has 0 bridgehead atoms. The molecule has 0 spiro atoms. The van der Waals surface area contributed by atoms with Gasteiger partial charge in [-0.2, -0.15) is 0 Å². The first kappa shape index (κ1) is 24.0. The molecule has 2 aliphatic rings. The number of nitrogens with zero attached hydrogens (tertiary/aromatic N) is 2. The Morgan fingerprint density at radius 3 is 1.36 bits per heavy atom. The van der Waals surface area contributed by atoms with Crippen LogP contribution >= 0.6 is 31.9 Å². The molecule has 2 aromatic heterocycles. The number of halogens is 2. The third-order valence-corrected chi connectivity index (χ3v) is 7.12. The standard InChI is InChI=1S/2C13H9BrN2O2/c2*1-16-12(17)5-9(13(16)18)10-6-15-11-3-2-7(14)4-8(10)11/h2*2-6,15H,1H3. The second-order valence-corrected chi connectivity index (χ2v) is 10.1. The van der Waals surface area contributed by atoms with Gasteiger partial charge in [-0.25, -0.2) is 0 Å². The Hall–Kier alpha value is -3.76. The number of hydrogen-bond acceptors (Lipinski definition) is 4. The summed E-state index contributed by atoms with van der Waals surface area (Å²) in [7, 11) is 2.97. The van der Waals surface area contributed by atoms with Crippen LogP contribution in [0.25, 0.3) is 33.0 Å². The molecule has 2 aromatic carbocycles. The van der Waals surface area contributed by atoms with Gasteiger partial charge in [0.2, 0.25) is 0 Å². The number of carbonyl (C=O) groups excluding carboxylic acids is 4. The van der Waals surface area contributed by atoms with E-state index in [0.717, 1.165) is 51.7 Å². The minimum atomic E-state index is -0.278. The van der Waals surface area contributed by atoms with Crippen LogP contribution in [0.5, 0.6) is 0 Å². The number of H-pyrrole nitrogens is 2. The Morgan fingerprint density at radius 1 is 0.639 bits per heavy atom. The van der Waals surface area contributed by atoms with E-state index in [4.69, 9.17) is 0 Å². The summed E-state index contributed by atoms with van der Waals surface area (Å²) in [6.07, 6.45) is 6.28. The Balaban J connectivity index is 0.000000148. The molecular formula is C26H18Br2N4O4. The van der Waals surface area contributed by atoms with Gasteiger partial charge in [-0.05, 0) is 36.4 Å². The molecular weight excluding hydrogens is 592 g/mol. The van der Waals surface area contributed by atoms with Crippen molar-refractivity contribution in [2.75, 3.05) is 14.1 Å². The topological polar surface area (TPSA) is 106 Å². The van der Waals surface area contributed by atoms with E-state index in [-0.39, 0.29) is 23.6 Å². The summed E-state index contributed by atoms with van der Waals surface area (Å²) in [5.74, 6) is -1.08. The highest BCUT2D eigenvalue weighted by Gasteiger charge is 2.31. The summed E-state index contributed by atoms with van der Waals surface area (Å²) >= 11 is 6.81. The Morgan fingerprint density at radius 2 is 1.03 bits per heavy atom. The lowest BCUT2D eigenvalue weighted by atomic mass is 10.1. The maximum Gasteiger partial charge on any atom is 0.261 e. The summed E-state index contributed by atoms with van der Waals surface area (Å²) in [6.45, 7) is 0. The Bertz CT molecular complexity index is 1550. The molecule has 0 fully saturated rings. The predicted molar refractivity (Wildman–Crippen MR) is 144 cm³/mol. The van der Waals surface area contributed by atoms with Gasteiger partial charge in [-0.15, -0.1) is 0 Å². The quantitative estimate of drug-likeness (QED) is 0.323. The molecule has 2 aliphatic heterocycles. The highest BCUT2D eigenvalue weighted by Crippen LogP contribution is 2.32. The monoisotopic (exact) mass is 608 g/mol. The van der Waals surface area contributed by atoms with E-state index in [1.807, 2.05) is 36.4 Å². The van der Waals surface area contributed by atoms with Crippen LogP contribution in [0, 0.1) is 0 Å². The largest absolute Gasteiger partial charge is 0.361 e. The molecule has 2 N–H and O–H groups in total. The normalized spacial score (nSPS) is 15.7. The fraction of sp³-hybridized carbons (Fsp3) is 0.0769. The summed E-state index contributed by atoms with van der Waals surface area (Å²) in [6, 6.07) is 11.6. The van der Waals surface area contributed by atoms with Gasteiger partial charge in [0.05, 0.1) is 11.1 Å². The van der Waals surface area contributed by atoms with E-state index >= 15 is 0 Å². The van der Waals surface area contributed by atoms with Gasteiger partial charge in [0.15, 0.2) is 0 Å². The van der Waals surface area contributed by atoms with Crippen molar-refractivity contribution >= 4 is 88.4 Å². The summed E-state index contributed by atoms with van der Waals surface area (Å²) < 4.78 is 1.86. The van der Waals surface area contributed by atoms with Gasteiger partial charge in [-0.1, -0.05) is 31.9 Å². The minimum absolute atomic E-state index is 0.263. The molecule has 8 nitrogen and oxygen atoms in total. The second-order valence-electron chi connectivity index (χ2n) is 8.31. The van der Waals surface area contributed by atoms with E-state index in [2.05, 4.69) is 41.8 Å². The van der Waals surface area contributed by atoms with Crippen molar-refractivity contribution in [2.24, 2.45) is 0 Å². The lowest BCUT2D eigenvalue weighted by Crippen LogP contribution is -2.25. The number of imide groups is 2. The molecule has 0 unspecified atom stereocenters. The van der Waals surface area contributed by atoms with Crippen molar-refractivity contribution in [2.45, 2.75) is 0 Å². The van der Waals surface area contributed by atoms with Gasteiger partial charge in [-0.3, -0.25) is 29.0 Å². The highest BCUT2D eigenvalue weighted by molar-refractivity contribution is 9.10. The molecule has 0 saturated heterocycles. The molecule has 0 saturated carbocycles. The number of benzene rings is 2. The average molecular weight is 610 g/mol. The number of nitrogens with one attached hydrogen (secondary N) is 2. The highest BCUT2D eigenvalue weighted by atomic mass is 79.9. The van der Waals surface area contributed by atoms with Gasteiger partial charge in [0.25, 0.3) is 23.6 Å². The maximum absolute atomic E-state index is 12.0. The third-order valence-electron chi connectivity index (χ3n) is 6.13. The van der Waals surface area contributed by atoms with Crippen molar-refractivity contribution in [3.8, 4) is 0 Å². The van der Waals surface area contributed by atoms with E-state index in [1.54, 1.807) is 12.4 Å². The summed E-state index contributed by atoms with van der Waals surface area (Å²) in [5.41, 5.74) is 4.26. The van der Waals surface area contributed by atoms with Crippen LogP contribution in [0.1, 0.15) is 11.1 Å². The molecule has 10 heteroatoms. The number of aromatic nitrogens is 2.